The van der Waals surface area contributed by atoms with Crippen LogP contribution in [0, 0.1) is 11.3 Å². The molecule has 1 aliphatic rings. The zero-order valence-corrected chi connectivity index (χ0v) is 11.1. The first-order valence-corrected chi connectivity index (χ1v) is 6.29. The number of nitriles is 1. The van der Waals surface area contributed by atoms with Gasteiger partial charge in [0.05, 0.1) is 24.4 Å². The van der Waals surface area contributed by atoms with Gasteiger partial charge >= 0.3 is 0 Å². The minimum atomic E-state index is -0.345. The highest BCUT2D eigenvalue weighted by atomic mass is 16.5. The highest BCUT2D eigenvalue weighted by Gasteiger charge is 2.25. The highest BCUT2D eigenvalue weighted by Crippen LogP contribution is 2.26. The molecule has 0 bridgehead atoms. The molecule has 19 heavy (non-hydrogen) atoms. The second-order valence-electron chi connectivity index (χ2n) is 4.68. The smallest absolute Gasteiger partial charge is 0.242 e. The van der Waals surface area contributed by atoms with Crippen molar-refractivity contribution in [3.8, 4) is 11.8 Å². The quantitative estimate of drug-likeness (QED) is 0.843. The average Bonchev–Trinajstić information content (AvgIpc) is 3.22. The monoisotopic (exact) mass is 259 g/mol. The first-order valence-electron chi connectivity index (χ1n) is 6.29. The molecule has 100 valence electrons. The zero-order valence-electron chi connectivity index (χ0n) is 11.1. The summed E-state index contributed by atoms with van der Waals surface area (Å²) >= 11 is 0. The standard InChI is InChI=1S/C14H17N3O2/c1-9(14(18)17-11-4-5-11)16-12-6-3-10(8-15)7-13(12)19-2/h3,6-7,9,11,16H,4-5H2,1-2H3,(H,17,18). The topological polar surface area (TPSA) is 74.1 Å². The fraction of sp³-hybridized carbons (Fsp3) is 0.429. The lowest BCUT2D eigenvalue weighted by molar-refractivity contribution is -0.121. The van der Waals surface area contributed by atoms with Crippen LogP contribution in [0.5, 0.6) is 5.75 Å². The molecule has 1 aliphatic carbocycles. The minimum Gasteiger partial charge on any atom is -0.495 e. The van der Waals surface area contributed by atoms with Crippen LogP contribution < -0.4 is 15.4 Å². The molecule has 0 heterocycles. The zero-order chi connectivity index (χ0) is 13.8. The number of carbonyl (C=O) groups excluding carboxylic acids is 1. The molecule has 1 fully saturated rings. The van der Waals surface area contributed by atoms with E-state index in [0.717, 1.165) is 12.8 Å². The lowest BCUT2D eigenvalue weighted by Gasteiger charge is -2.17. The van der Waals surface area contributed by atoms with Crippen LogP contribution in [0.15, 0.2) is 18.2 Å². The summed E-state index contributed by atoms with van der Waals surface area (Å²) in [5, 5.41) is 14.9. The van der Waals surface area contributed by atoms with Crippen molar-refractivity contribution in [1.29, 1.82) is 5.26 Å². The predicted molar refractivity (Wildman–Crippen MR) is 72.0 cm³/mol. The summed E-state index contributed by atoms with van der Waals surface area (Å²) in [5.41, 5.74) is 1.23. The van der Waals surface area contributed by atoms with E-state index in [1.54, 1.807) is 25.1 Å². The second kappa shape index (κ2) is 5.61. The van der Waals surface area contributed by atoms with E-state index in [0.29, 0.717) is 23.0 Å². The molecule has 0 aromatic heterocycles. The number of anilines is 1. The molecule has 0 saturated heterocycles. The molecule has 5 nitrogen and oxygen atoms in total. The van der Waals surface area contributed by atoms with Crippen molar-refractivity contribution in [3.63, 3.8) is 0 Å². The van der Waals surface area contributed by atoms with Crippen LogP contribution in [0.25, 0.3) is 0 Å². The van der Waals surface area contributed by atoms with E-state index in [1.807, 2.05) is 0 Å². The Bertz CT molecular complexity index is 518. The Labute approximate surface area is 112 Å². The van der Waals surface area contributed by atoms with Crippen molar-refractivity contribution in [2.45, 2.75) is 31.8 Å². The Morgan fingerprint density at radius 1 is 1.53 bits per heavy atom. The molecule has 1 aromatic carbocycles. The predicted octanol–water partition coefficient (Wildman–Crippen LogP) is 1.65. The number of hydrogen-bond acceptors (Lipinski definition) is 4. The van der Waals surface area contributed by atoms with Crippen molar-refractivity contribution < 1.29 is 9.53 Å². The third-order valence-corrected chi connectivity index (χ3v) is 3.02. The van der Waals surface area contributed by atoms with Crippen LogP contribution in [0.4, 0.5) is 5.69 Å². The first-order chi connectivity index (χ1) is 9.13. The van der Waals surface area contributed by atoms with Crippen LogP contribution in [-0.4, -0.2) is 25.1 Å². The van der Waals surface area contributed by atoms with Gasteiger partial charge in [0, 0.05) is 12.1 Å². The van der Waals surface area contributed by atoms with E-state index >= 15 is 0 Å². The number of rotatable bonds is 5. The summed E-state index contributed by atoms with van der Waals surface area (Å²) < 4.78 is 5.22. The van der Waals surface area contributed by atoms with Gasteiger partial charge in [0.25, 0.3) is 0 Å². The van der Waals surface area contributed by atoms with Crippen LogP contribution >= 0.6 is 0 Å². The van der Waals surface area contributed by atoms with Gasteiger partial charge in [-0.3, -0.25) is 4.79 Å². The lowest BCUT2D eigenvalue weighted by Crippen LogP contribution is -2.38. The molecule has 0 aliphatic heterocycles. The number of ether oxygens (including phenoxy) is 1. The summed E-state index contributed by atoms with van der Waals surface area (Å²) in [6.45, 7) is 1.80. The molecule has 0 radical (unpaired) electrons. The van der Waals surface area contributed by atoms with Crippen molar-refractivity contribution in [2.24, 2.45) is 0 Å². The molecule has 5 heteroatoms. The molecule has 2 rings (SSSR count). The summed E-state index contributed by atoms with van der Waals surface area (Å²) in [7, 11) is 1.54. The third-order valence-electron chi connectivity index (χ3n) is 3.02. The summed E-state index contributed by atoms with van der Waals surface area (Å²) in [6, 6.07) is 7.14. The third kappa shape index (κ3) is 3.38. The second-order valence-corrected chi connectivity index (χ2v) is 4.68. The molecule has 1 atom stereocenters. The molecule has 1 amide bonds. The van der Waals surface area contributed by atoms with Crippen LogP contribution in [-0.2, 0) is 4.79 Å². The number of benzene rings is 1. The lowest BCUT2D eigenvalue weighted by atomic mass is 10.2. The summed E-state index contributed by atoms with van der Waals surface area (Å²) in [5.74, 6) is 0.541. The van der Waals surface area contributed by atoms with Crippen molar-refractivity contribution >= 4 is 11.6 Å². The van der Waals surface area contributed by atoms with E-state index in [4.69, 9.17) is 10.00 Å². The van der Waals surface area contributed by atoms with Gasteiger partial charge in [-0.1, -0.05) is 0 Å². The Morgan fingerprint density at radius 2 is 2.26 bits per heavy atom. The minimum absolute atomic E-state index is 0.0195. The first kappa shape index (κ1) is 13.2. The van der Waals surface area contributed by atoms with E-state index in [9.17, 15) is 4.79 Å². The van der Waals surface area contributed by atoms with Crippen molar-refractivity contribution in [1.82, 2.24) is 5.32 Å². The normalized spacial score (nSPS) is 15.2. The van der Waals surface area contributed by atoms with Crippen molar-refractivity contribution in [2.75, 3.05) is 12.4 Å². The molecular weight excluding hydrogens is 242 g/mol. The van der Waals surface area contributed by atoms with Crippen LogP contribution in [0.1, 0.15) is 25.3 Å². The number of methoxy groups -OCH3 is 1. The molecule has 0 spiro atoms. The van der Waals surface area contributed by atoms with Gasteiger partial charge in [-0.2, -0.15) is 5.26 Å². The van der Waals surface area contributed by atoms with Gasteiger partial charge < -0.3 is 15.4 Å². The Morgan fingerprint density at radius 3 is 2.84 bits per heavy atom. The van der Waals surface area contributed by atoms with Gasteiger partial charge in [-0.05, 0) is 31.9 Å². The number of nitrogens with zero attached hydrogens (tertiary/aromatic N) is 1. The average molecular weight is 259 g/mol. The molecular formula is C14H17N3O2. The molecule has 2 N–H and O–H groups in total. The maximum Gasteiger partial charge on any atom is 0.242 e. The Hall–Kier alpha value is -2.22. The maximum absolute atomic E-state index is 11.9. The SMILES string of the molecule is COc1cc(C#N)ccc1NC(C)C(=O)NC1CC1. The van der Waals surface area contributed by atoms with E-state index in [2.05, 4.69) is 16.7 Å². The van der Waals surface area contributed by atoms with Crippen LogP contribution in [0.3, 0.4) is 0 Å². The van der Waals surface area contributed by atoms with Gasteiger partial charge in [0.2, 0.25) is 5.91 Å². The van der Waals surface area contributed by atoms with Gasteiger partial charge in [0.1, 0.15) is 11.8 Å². The van der Waals surface area contributed by atoms with Crippen LogP contribution in [0.2, 0.25) is 0 Å². The molecule has 1 saturated carbocycles. The summed E-state index contributed by atoms with van der Waals surface area (Å²) in [4.78, 5) is 11.9. The number of hydrogen-bond donors (Lipinski definition) is 2. The highest BCUT2D eigenvalue weighted by molar-refractivity contribution is 5.85. The molecule has 1 unspecified atom stereocenters. The van der Waals surface area contributed by atoms with Gasteiger partial charge in [0.15, 0.2) is 0 Å². The molecule has 1 aromatic rings. The Balaban J connectivity index is 2.04. The van der Waals surface area contributed by atoms with E-state index in [1.165, 1.54) is 7.11 Å². The maximum atomic E-state index is 11.9. The number of nitrogens with one attached hydrogen (secondary N) is 2. The van der Waals surface area contributed by atoms with Crippen molar-refractivity contribution in [3.05, 3.63) is 23.8 Å². The number of amides is 1. The summed E-state index contributed by atoms with van der Waals surface area (Å²) in [6.07, 6.45) is 2.14. The van der Waals surface area contributed by atoms with E-state index < -0.39 is 0 Å². The van der Waals surface area contributed by atoms with Gasteiger partial charge in [-0.15, -0.1) is 0 Å². The fourth-order valence-corrected chi connectivity index (χ4v) is 1.73. The fourth-order valence-electron chi connectivity index (χ4n) is 1.73. The number of carbonyl (C=O) groups is 1. The largest absolute Gasteiger partial charge is 0.495 e. The van der Waals surface area contributed by atoms with Gasteiger partial charge in [-0.25, -0.2) is 0 Å². The Kier molecular flexibility index (Phi) is 3.91. The van der Waals surface area contributed by atoms with E-state index in [-0.39, 0.29) is 11.9 Å².